The van der Waals surface area contributed by atoms with Gasteiger partial charge in [-0.05, 0) is 37.1 Å². The largest absolute Gasteiger partial charge is 0.493 e. The highest BCUT2D eigenvalue weighted by molar-refractivity contribution is 5.96. The van der Waals surface area contributed by atoms with Gasteiger partial charge < -0.3 is 39.1 Å². The van der Waals surface area contributed by atoms with Gasteiger partial charge in [0.15, 0.2) is 23.0 Å². The van der Waals surface area contributed by atoms with E-state index < -0.39 is 0 Å². The zero-order valence-corrected chi connectivity index (χ0v) is 26.1. The van der Waals surface area contributed by atoms with Crippen LogP contribution >= 0.6 is 0 Å². The Morgan fingerprint density at radius 2 is 0.714 bits per heavy atom. The summed E-state index contributed by atoms with van der Waals surface area (Å²) in [5, 5.41) is 5.94. The Morgan fingerprint density at radius 3 is 0.952 bits per heavy atom. The van der Waals surface area contributed by atoms with Crippen molar-refractivity contribution in [2.24, 2.45) is 0 Å². The van der Waals surface area contributed by atoms with Crippen molar-refractivity contribution in [1.82, 2.24) is 10.6 Å². The van der Waals surface area contributed by atoms with Crippen molar-refractivity contribution >= 4 is 11.8 Å². The number of benzene rings is 2. The summed E-state index contributed by atoms with van der Waals surface area (Å²) in [7, 11) is 9.19. The van der Waals surface area contributed by atoms with Gasteiger partial charge in [-0.15, -0.1) is 0 Å². The number of unbranched alkanes of at least 4 members (excludes halogenated alkanes) is 9. The smallest absolute Gasteiger partial charge is 0.251 e. The molecule has 0 aliphatic carbocycles. The highest BCUT2D eigenvalue weighted by atomic mass is 16.5. The van der Waals surface area contributed by atoms with Gasteiger partial charge in [-0.2, -0.15) is 0 Å². The van der Waals surface area contributed by atoms with Crippen LogP contribution in [0.1, 0.15) is 84.9 Å². The summed E-state index contributed by atoms with van der Waals surface area (Å²) in [6.07, 6.45) is 11.2. The molecule has 0 bridgehead atoms. The zero-order valence-electron chi connectivity index (χ0n) is 26.1. The van der Waals surface area contributed by atoms with E-state index in [1.165, 1.54) is 68.3 Å². The second-order valence-electron chi connectivity index (χ2n) is 9.88. The average Bonchev–Trinajstić information content (AvgIpc) is 3.02. The number of ether oxygens (including phenoxy) is 6. The number of hydrogen-bond acceptors (Lipinski definition) is 8. The van der Waals surface area contributed by atoms with Crippen molar-refractivity contribution in [3.8, 4) is 34.5 Å². The van der Waals surface area contributed by atoms with Gasteiger partial charge in [-0.3, -0.25) is 9.59 Å². The van der Waals surface area contributed by atoms with Crippen molar-refractivity contribution in [3.63, 3.8) is 0 Å². The van der Waals surface area contributed by atoms with Gasteiger partial charge in [-0.1, -0.05) is 51.4 Å². The Labute approximate surface area is 250 Å². The molecule has 2 aromatic carbocycles. The minimum absolute atomic E-state index is 0.157. The van der Waals surface area contributed by atoms with E-state index in [4.69, 9.17) is 28.4 Å². The number of hydrogen-bond donors (Lipinski definition) is 2. The quantitative estimate of drug-likeness (QED) is 0.176. The maximum atomic E-state index is 12.6. The fraction of sp³-hybridized carbons (Fsp3) is 0.562. The summed E-state index contributed by atoms with van der Waals surface area (Å²) in [6, 6.07) is 6.63. The lowest BCUT2D eigenvalue weighted by Gasteiger charge is -2.14. The number of rotatable bonds is 21. The highest BCUT2D eigenvalue weighted by Crippen LogP contribution is 2.39. The molecule has 2 aromatic rings. The van der Waals surface area contributed by atoms with E-state index in [1.807, 2.05) is 0 Å². The molecule has 0 saturated heterocycles. The Bertz CT molecular complexity index is 984. The Morgan fingerprint density at radius 1 is 0.452 bits per heavy atom. The molecule has 10 nitrogen and oxygen atoms in total. The highest BCUT2D eigenvalue weighted by Gasteiger charge is 2.18. The summed E-state index contributed by atoms with van der Waals surface area (Å²) in [5.41, 5.74) is 0.955. The van der Waals surface area contributed by atoms with Crippen LogP contribution in [0.3, 0.4) is 0 Å². The minimum atomic E-state index is -0.157. The predicted octanol–water partition coefficient (Wildman–Crippen LogP) is 5.80. The maximum Gasteiger partial charge on any atom is 0.251 e. The van der Waals surface area contributed by atoms with Gasteiger partial charge in [0, 0.05) is 24.2 Å². The molecular weight excluding hydrogens is 540 g/mol. The number of methoxy groups -OCH3 is 6. The fourth-order valence-electron chi connectivity index (χ4n) is 4.70. The van der Waals surface area contributed by atoms with Crippen LogP contribution in [0.5, 0.6) is 34.5 Å². The van der Waals surface area contributed by atoms with E-state index in [2.05, 4.69) is 10.6 Å². The second-order valence-corrected chi connectivity index (χ2v) is 9.88. The molecule has 234 valence electrons. The van der Waals surface area contributed by atoms with Crippen LogP contribution < -0.4 is 39.1 Å². The average molecular weight is 589 g/mol. The van der Waals surface area contributed by atoms with E-state index in [9.17, 15) is 9.59 Å². The topological polar surface area (TPSA) is 114 Å². The van der Waals surface area contributed by atoms with Crippen molar-refractivity contribution in [1.29, 1.82) is 0 Å². The fourth-order valence-corrected chi connectivity index (χ4v) is 4.70. The van der Waals surface area contributed by atoms with Crippen LogP contribution in [0, 0.1) is 0 Å². The minimum Gasteiger partial charge on any atom is -0.493 e. The molecule has 0 fully saturated rings. The first-order valence-corrected chi connectivity index (χ1v) is 14.6. The SMILES string of the molecule is COc1cc(C(=O)NCCCCCCCCCCCCNC(=O)c2cc(OC)c(OC)c(OC)c2)cc(OC)c1OC. The molecule has 0 radical (unpaired) electrons. The third-order valence-corrected chi connectivity index (χ3v) is 7.03. The summed E-state index contributed by atoms with van der Waals surface area (Å²) in [6.45, 7) is 1.26. The molecule has 10 heteroatoms. The van der Waals surface area contributed by atoms with Gasteiger partial charge >= 0.3 is 0 Å². The van der Waals surface area contributed by atoms with E-state index in [0.29, 0.717) is 58.7 Å². The molecule has 0 saturated carbocycles. The summed E-state index contributed by atoms with van der Waals surface area (Å²) in [4.78, 5) is 25.1. The van der Waals surface area contributed by atoms with Gasteiger partial charge in [0.2, 0.25) is 11.5 Å². The molecule has 0 spiro atoms. The van der Waals surface area contributed by atoms with Gasteiger partial charge in [-0.25, -0.2) is 0 Å². The van der Waals surface area contributed by atoms with Gasteiger partial charge in [0.25, 0.3) is 11.8 Å². The van der Waals surface area contributed by atoms with Crippen molar-refractivity contribution < 1.29 is 38.0 Å². The Kier molecular flexibility index (Phi) is 15.8. The van der Waals surface area contributed by atoms with Crippen molar-refractivity contribution in [2.75, 3.05) is 55.7 Å². The molecule has 0 atom stereocenters. The van der Waals surface area contributed by atoms with E-state index in [-0.39, 0.29) is 11.8 Å². The first-order chi connectivity index (χ1) is 20.4. The number of carbonyl (C=O) groups is 2. The molecule has 2 rings (SSSR count). The lowest BCUT2D eigenvalue weighted by Crippen LogP contribution is -2.24. The zero-order chi connectivity index (χ0) is 30.7. The molecule has 0 unspecified atom stereocenters. The lowest BCUT2D eigenvalue weighted by molar-refractivity contribution is 0.0944. The van der Waals surface area contributed by atoms with Crippen LogP contribution in [-0.2, 0) is 0 Å². The number of amides is 2. The van der Waals surface area contributed by atoms with Gasteiger partial charge in [0.1, 0.15) is 0 Å². The third-order valence-electron chi connectivity index (χ3n) is 7.03. The van der Waals surface area contributed by atoms with Crippen LogP contribution in [-0.4, -0.2) is 67.6 Å². The second kappa shape index (κ2) is 19.3. The molecule has 2 amide bonds. The first-order valence-electron chi connectivity index (χ1n) is 14.6. The molecule has 0 aliphatic heterocycles. The van der Waals surface area contributed by atoms with E-state index in [0.717, 1.165) is 38.5 Å². The summed E-state index contributed by atoms with van der Waals surface area (Å²) < 4.78 is 31.9. The van der Waals surface area contributed by atoms with Crippen LogP contribution in [0.4, 0.5) is 0 Å². The molecule has 0 aromatic heterocycles. The molecule has 0 heterocycles. The molecule has 0 aliphatic rings. The predicted molar refractivity (Wildman–Crippen MR) is 163 cm³/mol. The lowest BCUT2D eigenvalue weighted by atomic mass is 10.1. The van der Waals surface area contributed by atoms with Crippen LogP contribution in [0.2, 0.25) is 0 Å². The number of carbonyl (C=O) groups excluding carboxylic acids is 2. The monoisotopic (exact) mass is 588 g/mol. The third kappa shape index (κ3) is 10.5. The van der Waals surface area contributed by atoms with Crippen LogP contribution in [0.25, 0.3) is 0 Å². The first kappa shape index (κ1) is 34.4. The number of nitrogens with one attached hydrogen (secondary N) is 2. The van der Waals surface area contributed by atoms with E-state index in [1.54, 1.807) is 24.3 Å². The maximum absolute atomic E-state index is 12.6. The van der Waals surface area contributed by atoms with E-state index >= 15 is 0 Å². The standard InChI is InChI=1S/C32H48N2O8/c1-37-25-19-23(20-26(38-2)29(25)41-5)31(35)33-17-15-13-11-9-7-8-10-12-14-16-18-34-32(36)24-21-27(39-3)30(42-6)28(22-24)40-4/h19-22H,7-18H2,1-6H3,(H,33,35)(H,34,36). The van der Waals surface area contributed by atoms with Crippen molar-refractivity contribution in [3.05, 3.63) is 35.4 Å². The van der Waals surface area contributed by atoms with Gasteiger partial charge in [0.05, 0.1) is 42.7 Å². The Hall–Kier alpha value is -3.82. The summed E-state index contributed by atoms with van der Waals surface area (Å²) >= 11 is 0. The molecular formula is C32H48N2O8. The molecule has 2 N–H and O–H groups in total. The molecule has 42 heavy (non-hydrogen) atoms. The van der Waals surface area contributed by atoms with Crippen LogP contribution in [0.15, 0.2) is 24.3 Å². The van der Waals surface area contributed by atoms with Crippen molar-refractivity contribution in [2.45, 2.75) is 64.2 Å². The summed E-state index contributed by atoms with van der Waals surface area (Å²) in [5.74, 6) is 2.46. The normalized spacial score (nSPS) is 10.5. The Balaban J connectivity index is 1.51.